The Morgan fingerprint density at radius 3 is 2.54 bits per heavy atom. The van der Waals surface area contributed by atoms with Crippen LogP contribution in [0.15, 0.2) is 40.9 Å². The van der Waals surface area contributed by atoms with Crippen molar-refractivity contribution >= 4 is 33.4 Å². The SMILES string of the molecule is Cc1cc(OCC(=O)O[NH+]=C(N)c2cccc([N+](=O)[O-])c2)cc(C)c1Br. The molecule has 26 heavy (non-hydrogen) atoms. The molecule has 0 saturated carbocycles. The number of nitrogens with zero attached hydrogens (tertiary/aromatic N) is 1. The van der Waals surface area contributed by atoms with Gasteiger partial charge in [0.25, 0.3) is 5.69 Å². The number of hydrogen-bond acceptors (Lipinski definition) is 5. The van der Waals surface area contributed by atoms with Gasteiger partial charge in [-0.3, -0.25) is 20.7 Å². The van der Waals surface area contributed by atoms with E-state index in [1.165, 1.54) is 18.2 Å². The molecule has 0 aromatic heterocycles. The molecular weight excluding hydrogens is 406 g/mol. The largest absolute Gasteiger partial charge is 0.482 e. The molecule has 2 aromatic rings. The van der Waals surface area contributed by atoms with Crippen molar-refractivity contribution in [1.29, 1.82) is 0 Å². The number of hydrogen-bond donors (Lipinski definition) is 2. The van der Waals surface area contributed by atoms with Crippen molar-refractivity contribution in [2.45, 2.75) is 13.8 Å². The number of non-ortho nitro benzene ring substituents is 1. The quantitative estimate of drug-likeness (QED) is 0.238. The highest BCUT2D eigenvalue weighted by Gasteiger charge is 2.13. The number of ether oxygens (including phenoxy) is 1. The van der Waals surface area contributed by atoms with Crippen molar-refractivity contribution < 1.29 is 24.4 Å². The van der Waals surface area contributed by atoms with Crippen molar-refractivity contribution in [3.63, 3.8) is 0 Å². The average Bonchev–Trinajstić information content (AvgIpc) is 2.62. The summed E-state index contributed by atoms with van der Waals surface area (Å²) in [6, 6.07) is 9.21. The second kappa shape index (κ2) is 8.43. The van der Waals surface area contributed by atoms with Gasteiger partial charge in [0.2, 0.25) is 0 Å². The molecule has 0 aliphatic rings. The maximum atomic E-state index is 11.8. The summed E-state index contributed by atoms with van der Waals surface area (Å²) in [4.78, 5) is 26.8. The van der Waals surface area contributed by atoms with Gasteiger partial charge >= 0.3 is 11.8 Å². The lowest BCUT2D eigenvalue weighted by Crippen LogP contribution is -2.76. The van der Waals surface area contributed by atoms with E-state index >= 15 is 0 Å². The lowest BCUT2D eigenvalue weighted by atomic mass is 10.1. The van der Waals surface area contributed by atoms with Gasteiger partial charge in [-0.1, -0.05) is 27.2 Å². The Labute approximate surface area is 157 Å². The molecule has 0 spiro atoms. The molecule has 3 N–H and O–H groups in total. The maximum absolute atomic E-state index is 11.8. The van der Waals surface area contributed by atoms with E-state index in [1.807, 2.05) is 13.8 Å². The topological polar surface area (TPSA) is 119 Å². The highest BCUT2D eigenvalue weighted by atomic mass is 79.9. The van der Waals surface area contributed by atoms with Crippen LogP contribution in [0.2, 0.25) is 0 Å². The van der Waals surface area contributed by atoms with Gasteiger partial charge in [-0.2, -0.15) is 0 Å². The Hall–Kier alpha value is -2.94. The number of halogens is 1. The van der Waals surface area contributed by atoms with Crippen LogP contribution in [-0.2, 0) is 9.63 Å². The minimum absolute atomic E-state index is 0.0302. The van der Waals surface area contributed by atoms with Gasteiger partial charge in [0.15, 0.2) is 6.61 Å². The highest BCUT2D eigenvalue weighted by Crippen LogP contribution is 2.26. The number of nitro groups is 1. The summed E-state index contributed by atoms with van der Waals surface area (Å²) < 4.78 is 6.38. The standard InChI is InChI=1S/C17H16BrN3O5/c1-10-6-14(7-11(2)16(10)18)25-9-15(22)26-20-17(19)12-4-3-5-13(8-12)21(23)24/h3-8H,9H2,1-2H3,(H2,19,20)/p+1. The third kappa shape index (κ3) is 5.03. The molecule has 0 amide bonds. The van der Waals surface area contributed by atoms with Crippen LogP contribution in [-0.4, -0.2) is 23.3 Å². The highest BCUT2D eigenvalue weighted by molar-refractivity contribution is 9.10. The molecule has 0 heterocycles. The molecule has 9 heteroatoms. The first-order valence-electron chi connectivity index (χ1n) is 7.50. The van der Waals surface area contributed by atoms with Crippen LogP contribution in [0.4, 0.5) is 5.69 Å². The Kier molecular flexibility index (Phi) is 6.29. The smallest absolute Gasteiger partial charge is 0.394 e. The summed E-state index contributed by atoms with van der Waals surface area (Å²) in [5.74, 6) is -0.190. The molecule has 0 fully saturated rings. The van der Waals surface area contributed by atoms with E-state index in [0.29, 0.717) is 11.3 Å². The summed E-state index contributed by atoms with van der Waals surface area (Å²) in [5, 5.41) is 13.0. The lowest BCUT2D eigenvalue weighted by molar-refractivity contribution is -0.724. The summed E-state index contributed by atoms with van der Waals surface area (Å²) in [7, 11) is 0. The second-order valence-corrected chi connectivity index (χ2v) is 6.25. The molecule has 0 saturated heterocycles. The first kappa shape index (κ1) is 19.4. The zero-order valence-electron chi connectivity index (χ0n) is 14.1. The molecular formula is C17H17BrN3O5+. The molecule has 0 aliphatic carbocycles. The number of rotatable bonds is 6. The van der Waals surface area contributed by atoms with E-state index in [9.17, 15) is 14.9 Å². The Bertz CT molecular complexity index is 859. The third-order valence-corrected chi connectivity index (χ3v) is 4.66. The molecule has 0 bridgehead atoms. The molecule has 0 atom stereocenters. The van der Waals surface area contributed by atoms with E-state index in [-0.39, 0.29) is 18.1 Å². The number of nitrogen functional groups attached to an aromatic ring is 1. The molecule has 0 radical (unpaired) electrons. The van der Waals surface area contributed by atoms with Gasteiger partial charge in [0, 0.05) is 16.6 Å². The number of amidine groups is 1. The molecule has 2 aromatic carbocycles. The van der Waals surface area contributed by atoms with Gasteiger partial charge in [0.1, 0.15) is 5.75 Å². The Balaban J connectivity index is 1.96. The van der Waals surface area contributed by atoms with Crippen LogP contribution < -0.4 is 15.6 Å². The molecule has 0 aliphatic heterocycles. The van der Waals surface area contributed by atoms with E-state index in [2.05, 4.69) is 21.1 Å². The summed E-state index contributed by atoms with van der Waals surface area (Å²) in [6.45, 7) is 3.51. The number of nitrogens with two attached hydrogens (primary N) is 1. The van der Waals surface area contributed by atoms with Crippen molar-refractivity contribution in [1.82, 2.24) is 0 Å². The zero-order valence-corrected chi connectivity index (χ0v) is 15.7. The first-order chi connectivity index (χ1) is 12.3. The van der Waals surface area contributed by atoms with Crippen LogP contribution in [0.25, 0.3) is 0 Å². The van der Waals surface area contributed by atoms with E-state index < -0.39 is 10.9 Å². The van der Waals surface area contributed by atoms with Gasteiger partial charge in [0.05, 0.1) is 10.5 Å². The molecule has 136 valence electrons. The number of benzene rings is 2. The normalized spacial score (nSPS) is 11.1. The fraction of sp³-hybridized carbons (Fsp3) is 0.176. The number of nitrogens with one attached hydrogen (secondary N) is 1. The van der Waals surface area contributed by atoms with Gasteiger partial charge < -0.3 is 4.74 Å². The predicted molar refractivity (Wildman–Crippen MR) is 97.6 cm³/mol. The van der Waals surface area contributed by atoms with Gasteiger partial charge in [-0.05, 0) is 43.2 Å². The van der Waals surface area contributed by atoms with Crippen molar-refractivity contribution in [2.24, 2.45) is 5.73 Å². The average molecular weight is 423 g/mol. The Morgan fingerprint density at radius 2 is 1.92 bits per heavy atom. The maximum Gasteiger partial charge on any atom is 0.394 e. The van der Waals surface area contributed by atoms with Crippen LogP contribution in [0.3, 0.4) is 0 Å². The summed E-state index contributed by atoms with van der Waals surface area (Å²) >= 11 is 3.45. The summed E-state index contributed by atoms with van der Waals surface area (Å²) in [6.07, 6.45) is 0. The monoisotopic (exact) mass is 422 g/mol. The first-order valence-corrected chi connectivity index (χ1v) is 8.29. The lowest BCUT2D eigenvalue weighted by Gasteiger charge is -2.08. The van der Waals surface area contributed by atoms with Crippen LogP contribution in [0, 0.1) is 24.0 Å². The number of carbonyl (C=O) groups is 1. The predicted octanol–water partition coefficient (Wildman–Crippen LogP) is 1.30. The van der Waals surface area contributed by atoms with Crippen molar-refractivity contribution in [3.05, 3.63) is 67.7 Å². The van der Waals surface area contributed by atoms with Crippen LogP contribution >= 0.6 is 15.9 Å². The second-order valence-electron chi connectivity index (χ2n) is 5.46. The third-order valence-electron chi connectivity index (χ3n) is 3.41. The minimum Gasteiger partial charge on any atom is -0.482 e. The zero-order chi connectivity index (χ0) is 19.3. The van der Waals surface area contributed by atoms with Crippen LogP contribution in [0.5, 0.6) is 5.75 Å². The molecule has 8 nitrogen and oxygen atoms in total. The van der Waals surface area contributed by atoms with E-state index in [1.54, 1.807) is 18.2 Å². The van der Waals surface area contributed by atoms with E-state index in [4.69, 9.17) is 15.3 Å². The fourth-order valence-electron chi connectivity index (χ4n) is 2.12. The summed E-state index contributed by atoms with van der Waals surface area (Å²) in [5.41, 5.74) is 7.90. The number of nitro benzene ring substituents is 1. The number of carbonyl (C=O) groups excluding carboxylic acids is 1. The molecule has 0 unspecified atom stereocenters. The van der Waals surface area contributed by atoms with Crippen LogP contribution in [0.1, 0.15) is 16.7 Å². The fourth-order valence-corrected chi connectivity index (χ4v) is 2.35. The van der Waals surface area contributed by atoms with Gasteiger partial charge in [-0.15, -0.1) is 0 Å². The molecule has 2 rings (SSSR count). The minimum atomic E-state index is -0.698. The van der Waals surface area contributed by atoms with Crippen molar-refractivity contribution in [2.75, 3.05) is 6.61 Å². The Morgan fingerprint density at radius 1 is 1.27 bits per heavy atom. The number of aryl methyl sites for hydroxylation is 2. The van der Waals surface area contributed by atoms with Gasteiger partial charge in [-0.25, -0.2) is 4.79 Å². The van der Waals surface area contributed by atoms with Crippen molar-refractivity contribution in [3.8, 4) is 5.75 Å². The van der Waals surface area contributed by atoms with E-state index in [0.717, 1.165) is 15.6 Å².